The number of carbonyl (C=O) groups excluding carboxylic acids is 1. The summed E-state index contributed by atoms with van der Waals surface area (Å²) in [5.41, 5.74) is 5.24. The van der Waals surface area contributed by atoms with Crippen molar-refractivity contribution in [3.8, 4) is 11.3 Å². The van der Waals surface area contributed by atoms with Crippen molar-refractivity contribution >= 4 is 34.3 Å². The lowest BCUT2D eigenvalue weighted by molar-refractivity contribution is -0.115. The van der Waals surface area contributed by atoms with E-state index in [9.17, 15) is 9.18 Å². The second-order valence-corrected chi connectivity index (χ2v) is 8.07. The Morgan fingerprint density at radius 2 is 1.93 bits per heavy atom. The van der Waals surface area contributed by atoms with Gasteiger partial charge in [-0.15, -0.1) is 0 Å². The summed E-state index contributed by atoms with van der Waals surface area (Å²) >= 11 is 2.24. The molecule has 0 bridgehead atoms. The van der Waals surface area contributed by atoms with Crippen LogP contribution in [0.25, 0.3) is 11.3 Å². The first-order valence-electron chi connectivity index (χ1n) is 9.26. The fourth-order valence-corrected chi connectivity index (χ4v) is 3.82. The number of hydrogen-bond acceptors (Lipinski definition) is 3. The second-order valence-electron chi connectivity index (χ2n) is 6.82. The average Bonchev–Trinajstić information content (AvgIpc) is 2.68. The van der Waals surface area contributed by atoms with Crippen molar-refractivity contribution < 1.29 is 9.18 Å². The first kappa shape index (κ1) is 19.0. The van der Waals surface area contributed by atoms with Crippen molar-refractivity contribution in [3.63, 3.8) is 0 Å². The number of aryl methyl sites for hydroxylation is 3. The van der Waals surface area contributed by atoms with Gasteiger partial charge in [0.1, 0.15) is 5.82 Å². The van der Waals surface area contributed by atoms with Gasteiger partial charge in [0.05, 0.1) is 23.5 Å². The number of nitrogens with one attached hydrogen (secondary N) is 1. The molecule has 0 atom stereocenters. The van der Waals surface area contributed by atoms with Crippen molar-refractivity contribution in [1.82, 2.24) is 9.97 Å². The summed E-state index contributed by atoms with van der Waals surface area (Å²) in [7, 11) is 0. The molecular weight excluding hydrogens is 468 g/mol. The Balaban J connectivity index is 1.61. The minimum absolute atomic E-state index is 0.108. The molecule has 6 heteroatoms. The molecule has 1 heterocycles. The highest BCUT2D eigenvalue weighted by Crippen LogP contribution is 2.33. The van der Waals surface area contributed by atoms with E-state index in [1.165, 1.54) is 6.07 Å². The standard InChI is InChI=1S/C22H19FIN3O/c1-2-18-22(27-20(28)11-13-3-7-16(24)8-4-13)26-19-10-5-14-12-15(23)6-9-17(14)21(19)25-18/h3-4,6-9,12H,2,5,10-11H2,1H3,(H,26,27,28). The van der Waals surface area contributed by atoms with Crippen LogP contribution in [0.5, 0.6) is 0 Å². The third-order valence-corrected chi connectivity index (χ3v) is 5.58. The number of aromatic nitrogens is 2. The first-order chi connectivity index (χ1) is 13.5. The fourth-order valence-electron chi connectivity index (χ4n) is 3.46. The maximum Gasteiger partial charge on any atom is 0.229 e. The molecule has 1 N–H and O–H groups in total. The summed E-state index contributed by atoms with van der Waals surface area (Å²) in [6.45, 7) is 1.99. The predicted molar refractivity (Wildman–Crippen MR) is 116 cm³/mol. The number of hydrogen-bond donors (Lipinski definition) is 1. The molecule has 28 heavy (non-hydrogen) atoms. The number of anilines is 1. The van der Waals surface area contributed by atoms with E-state index < -0.39 is 0 Å². The molecule has 1 aromatic heterocycles. The highest BCUT2D eigenvalue weighted by molar-refractivity contribution is 14.1. The molecule has 0 saturated carbocycles. The highest BCUT2D eigenvalue weighted by atomic mass is 127. The van der Waals surface area contributed by atoms with Crippen molar-refractivity contribution in [2.45, 2.75) is 32.6 Å². The summed E-state index contributed by atoms with van der Waals surface area (Å²) in [4.78, 5) is 22.0. The Morgan fingerprint density at radius 3 is 2.68 bits per heavy atom. The van der Waals surface area contributed by atoms with Crippen LogP contribution in [-0.2, 0) is 30.5 Å². The third-order valence-electron chi connectivity index (χ3n) is 4.86. The van der Waals surface area contributed by atoms with Crippen LogP contribution in [0.2, 0.25) is 0 Å². The summed E-state index contributed by atoms with van der Waals surface area (Å²) in [6, 6.07) is 12.7. The Labute approximate surface area is 176 Å². The zero-order chi connectivity index (χ0) is 19.7. The Bertz CT molecular complexity index is 1050. The Hall–Kier alpha value is -2.35. The molecule has 0 unspecified atom stereocenters. The van der Waals surface area contributed by atoms with Crippen molar-refractivity contribution in [2.24, 2.45) is 0 Å². The lowest BCUT2D eigenvalue weighted by Crippen LogP contribution is -2.19. The maximum absolute atomic E-state index is 13.5. The van der Waals surface area contributed by atoms with Gasteiger partial charge < -0.3 is 5.32 Å². The monoisotopic (exact) mass is 487 g/mol. The summed E-state index contributed by atoms with van der Waals surface area (Å²) in [5, 5.41) is 2.93. The maximum atomic E-state index is 13.5. The van der Waals surface area contributed by atoms with E-state index in [0.717, 1.165) is 43.8 Å². The van der Waals surface area contributed by atoms with E-state index in [0.29, 0.717) is 25.1 Å². The smallest absolute Gasteiger partial charge is 0.229 e. The average molecular weight is 487 g/mol. The van der Waals surface area contributed by atoms with Crippen LogP contribution in [0.1, 0.15) is 29.4 Å². The zero-order valence-corrected chi connectivity index (χ0v) is 17.6. The largest absolute Gasteiger partial charge is 0.309 e. The van der Waals surface area contributed by atoms with Crippen LogP contribution in [-0.4, -0.2) is 15.9 Å². The first-order valence-corrected chi connectivity index (χ1v) is 10.3. The van der Waals surface area contributed by atoms with E-state index in [4.69, 9.17) is 9.97 Å². The van der Waals surface area contributed by atoms with Crippen molar-refractivity contribution in [1.29, 1.82) is 0 Å². The molecule has 0 radical (unpaired) electrons. The molecule has 0 aliphatic heterocycles. The van der Waals surface area contributed by atoms with Gasteiger partial charge >= 0.3 is 0 Å². The molecule has 4 nitrogen and oxygen atoms in total. The molecule has 1 aliphatic carbocycles. The highest BCUT2D eigenvalue weighted by Gasteiger charge is 2.22. The van der Waals surface area contributed by atoms with Gasteiger partial charge in [0.2, 0.25) is 5.91 Å². The lowest BCUT2D eigenvalue weighted by Gasteiger charge is -2.20. The minimum Gasteiger partial charge on any atom is -0.309 e. The Morgan fingerprint density at radius 1 is 1.14 bits per heavy atom. The molecule has 2 aromatic carbocycles. The molecule has 1 amide bonds. The predicted octanol–water partition coefficient (Wildman–Crippen LogP) is 4.73. The number of rotatable bonds is 4. The van der Waals surface area contributed by atoms with Crippen LogP contribution in [0, 0.1) is 9.39 Å². The third kappa shape index (κ3) is 3.92. The molecular formula is C22H19FIN3O. The minimum atomic E-state index is -0.231. The zero-order valence-electron chi connectivity index (χ0n) is 15.4. The van der Waals surface area contributed by atoms with Crippen LogP contribution < -0.4 is 5.32 Å². The molecule has 1 aliphatic rings. The van der Waals surface area contributed by atoms with Crippen LogP contribution in [0.3, 0.4) is 0 Å². The summed E-state index contributed by atoms with van der Waals surface area (Å²) in [5.74, 6) is 0.191. The SMILES string of the molecule is CCc1nc2c(nc1NC(=O)Cc1ccc(I)cc1)CCc1cc(F)ccc1-2. The van der Waals surface area contributed by atoms with Gasteiger partial charge in [-0.1, -0.05) is 19.1 Å². The Kier molecular flexibility index (Phi) is 5.39. The summed E-state index contributed by atoms with van der Waals surface area (Å²) in [6.07, 6.45) is 2.34. The van der Waals surface area contributed by atoms with Crippen LogP contribution in [0.4, 0.5) is 10.2 Å². The fraction of sp³-hybridized carbons (Fsp3) is 0.227. The van der Waals surface area contributed by atoms with E-state index in [1.54, 1.807) is 12.1 Å². The van der Waals surface area contributed by atoms with Gasteiger partial charge in [-0.25, -0.2) is 14.4 Å². The molecule has 142 valence electrons. The number of nitrogens with zero attached hydrogens (tertiary/aromatic N) is 2. The number of halogens is 2. The van der Waals surface area contributed by atoms with E-state index in [2.05, 4.69) is 27.9 Å². The van der Waals surface area contributed by atoms with E-state index in [-0.39, 0.29) is 11.7 Å². The lowest BCUT2D eigenvalue weighted by atomic mass is 9.91. The molecule has 4 rings (SSSR count). The van der Waals surface area contributed by atoms with Gasteiger partial charge in [-0.3, -0.25) is 4.79 Å². The topological polar surface area (TPSA) is 54.9 Å². The van der Waals surface area contributed by atoms with Gasteiger partial charge in [0, 0.05) is 9.13 Å². The van der Waals surface area contributed by atoms with Crippen molar-refractivity contribution in [3.05, 3.63) is 74.4 Å². The number of benzene rings is 2. The van der Waals surface area contributed by atoms with E-state index in [1.807, 2.05) is 31.2 Å². The second kappa shape index (κ2) is 7.95. The van der Waals surface area contributed by atoms with Gasteiger partial charge in [-0.05, 0) is 83.3 Å². The van der Waals surface area contributed by atoms with Crippen LogP contribution in [0.15, 0.2) is 42.5 Å². The molecule has 0 spiro atoms. The number of amides is 1. The van der Waals surface area contributed by atoms with Crippen molar-refractivity contribution in [2.75, 3.05) is 5.32 Å². The quantitative estimate of drug-likeness (QED) is 0.542. The van der Waals surface area contributed by atoms with E-state index >= 15 is 0 Å². The van der Waals surface area contributed by atoms with Crippen LogP contribution >= 0.6 is 22.6 Å². The number of fused-ring (bicyclic) bond motifs is 3. The molecule has 0 fully saturated rings. The van der Waals surface area contributed by atoms with Gasteiger partial charge in [0.15, 0.2) is 5.82 Å². The normalized spacial score (nSPS) is 12.2. The molecule has 0 saturated heterocycles. The number of carbonyl (C=O) groups is 1. The summed E-state index contributed by atoms with van der Waals surface area (Å²) < 4.78 is 14.7. The van der Waals surface area contributed by atoms with Gasteiger partial charge in [0.25, 0.3) is 0 Å². The molecule has 3 aromatic rings. The van der Waals surface area contributed by atoms with Gasteiger partial charge in [-0.2, -0.15) is 0 Å².